The number of nitrogens with zero attached hydrogens (tertiary/aromatic N) is 1. The highest BCUT2D eigenvalue weighted by atomic mass is 16.4. The molecule has 0 fully saturated rings. The van der Waals surface area contributed by atoms with E-state index in [9.17, 15) is 4.79 Å². The van der Waals surface area contributed by atoms with Crippen LogP contribution in [-0.2, 0) is 0 Å². The highest BCUT2D eigenvalue weighted by molar-refractivity contribution is 5.88. The molecule has 94 valence electrons. The third-order valence-corrected chi connectivity index (χ3v) is 2.68. The Bertz CT molecular complexity index is 699. The summed E-state index contributed by atoms with van der Waals surface area (Å²) >= 11 is 0. The Balaban J connectivity index is 1.86. The van der Waals surface area contributed by atoms with Crippen LogP contribution in [0.4, 0.5) is 11.7 Å². The first-order valence-corrected chi connectivity index (χ1v) is 5.68. The standard InChI is InChI=1S/C14H10N2O3/c17-13(18)9-5-7-10(8-6-9)15-14-16-11-3-1-2-4-12(11)19-14/h1-8H,(H,15,16)(H,17,18). The summed E-state index contributed by atoms with van der Waals surface area (Å²) in [5.41, 5.74) is 2.43. The molecule has 2 N–H and O–H groups in total. The number of para-hydroxylation sites is 2. The molecule has 19 heavy (non-hydrogen) atoms. The molecule has 0 atom stereocenters. The molecule has 5 nitrogen and oxygen atoms in total. The van der Waals surface area contributed by atoms with E-state index in [0.717, 1.165) is 11.2 Å². The van der Waals surface area contributed by atoms with Crippen LogP contribution in [0.3, 0.4) is 0 Å². The number of rotatable bonds is 3. The number of carboxylic acid groups (broad SMARTS) is 1. The molecular formula is C14H10N2O3. The number of aromatic carboxylic acids is 1. The van der Waals surface area contributed by atoms with E-state index in [-0.39, 0.29) is 5.56 Å². The fourth-order valence-corrected chi connectivity index (χ4v) is 1.75. The summed E-state index contributed by atoms with van der Waals surface area (Å²) in [5, 5.41) is 11.8. The Kier molecular flexibility index (Phi) is 2.64. The third-order valence-electron chi connectivity index (χ3n) is 2.68. The summed E-state index contributed by atoms with van der Waals surface area (Å²) in [6.45, 7) is 0. The summed E-state index contributed by atoms with van der Waals surface area (Å²) in [7, 11) is 0. The second kappa shape index (κ2) is 4.45. The van der Waals surface area contributed by atoms with Gasteiger partial charge in [-0.1, -0.05) is 12.1 Å². The van der Waals surface area contributed by atoms with Gasteiger partial charge in [0.05, 0.1) is 5.56 Å². The lowest BCUT2D eigenvalue weighted by Gasteiger charge is -2.01. The molecule has 0 aliphatic carbocycles. The van der Waals surface area contributed by atoms with Crippen LogP contribution in [0.5, 0.6) is 0 Å². The molecule has 0 spiro atoms. The normalized spacial score (nSPS) is 10.5. The molecule has 0 aliphatic rings. The molecule has 3 rings (SSSR count). The first-order chi connectivity index (χ1) is 9.22. The monoisotopic (exact) mass is 254 g/mol. The molecule has 0 unspecified atom stereocenters. The van der Waals surface area contributed by atoms with Crippen molar-refractivity contribution in [3.63, 3.8) is 0 Å². The smallest absolute Gasteiger partial charge is 0.335 e. The molecule has 0 radical (unpaired) electrons. The van der Waals surface area contributed by atoms with Crippen LogP contribution in [-0.4, -0.2) is 16.1 Å². The molecule has 0 saturated heterocycles. The van der Waals surface area contributed by atoms with Crippen molar-refractivity contribution in [3.8, 4) is 0 Å². The predicted molar refractivity (Wildman–Crippen MR) is 70.7 cm³/mol. The van der Waals surface area contributed by atoms with Gasteiger partial charge in [-0.3, -0.25) is 0 Å². The third kappa shape index (κ3) is 2.26. The van der Waals surface area contributed by atoms with Crippen molar-refractivity contribution in [3.05, 3.63) is 54.1 Å². The van der Waals surface area contributed by atoms with Crippen molar-refractivity contribution in [2.75, 3.05) is 5.32 Å². The van der Waals surface area contributed by atoms with Crippen LogP contribution in [0.2, 0.25) is 0 Å². The zero-order chi connectivity index (χ0) is 13.2. The Morgan fingerprint density at radius 3 is 2.53 bits per heavy atom. The number of carbonyl (C=O) groups is 1. The van der Waals surface area contributed by atoms with Gasteiger partial charge in [0, 0.05) is 5.69 Å². The number of carboxylic acids is 1. The lowest BCUT2D eigenvalue weighted by molar-refractivity contribution is 0.0697. The maximum absolute atomic E-state index is 10.7. The fourth-order valence-electron chi connectivity index (χ4n) is 1.75. The lowest BCUT2D eigenvalue weighted by Crippen LogP contribution is -1.96. The van der Waals surface area contributed by atoms with E-state index < -0.39 is 5.97 Å². The molecule has 2 aromatic carbocycles. The number of hydrogen-bond acceptors (Lipinski definition) is 4. The second-order valence-corrected chi connectivity index (χ2v) is 3.99. The van der Waals surface area contributed by atoms with Gasteiger partial charge >= 0.3 is 5.97 Å². The highest BCUT2D eigenvalue weighted by Gasteiger charge is 2.06. The molecule has 1 heterocycles. The maximum Gasteiger partial charge on any atom is 0.335 e. The summed E-state index contributed by atoms with van der Waals surface area (Å²) in [5.74, 6) is -0.951. The number of hydrogen-bond donors (Lipinski definition) is 2. The minimum atomic E-state index is -0.951. The minimum absolute atomic E-state index is 0.239. The number of oxazole rings is 1. The number of anilines is 2. The van der Waals surface area contributed by atoms with Gasteiger partial charge < -0.3 is 14.8 Å². The first-order valence-electron chi connectivity index (χ1n) is 5.68. The summed E-state index contributed by atoms with van der Waals surface area (Å²) < 4.78 is 5.51. The van der Waals surface area contributed by atoms with E-state index in [1.807, 2.05) is 24.3 Å². The van der Waals surface area contributed by atoms with Crippen LogP contribution in [0.25, 0.3) is 11.1 Å². The summed E-state index contributed by atoms with van der Waals surface area (Å²) in [6.07, 6.45) is 0. The van der Waals surface area contributed by atoms with E-state index >= 15 is 0 Å². The highest BCUT2D eigenvalue weighted by Crippen LogP contribution is 2.21. The molecule has 0 amide bonds. The first kappa shape index (κ1) is 11.3. The average molecular weight is 254 g/mol. The van der Waals surface area contributed by atoms with Crippen LogP contribution in [0.1, 0.15) is 10.4 Å². The van der Waals surface area contributed by atoms with Crippen molar-refractivity contribution in [1.29, 1.82) is 0 Å². The molecule has 0 bridgehead atoms. The van der Waals surface area contributed by atoms with Crippen molar-refractivity contribution in [1.82, 2.24) is 4.98 Å². The van der Waals surface area contributed by atoms with E-state index in [1.165, 1.54) is 12.1 Å². The van der Waals surface area contributed by atoms with Gasteiger partial charge in [0.1, 0.15) is 5.52 Å². The van der Waals surface area contributed by atoms with Crippen LogP contribution in [0, 0.1) is 0 Å². The second-order valence-electron chi connectivity index (χ2n) is 3.99. The number of nitrogens with one attached hydrogen (secondary N) is 1. The molecular weight excluding hydrogens is 244 g/mol. The number of aromatic nitrogens is 1. The van der Waals surface area contributed by atoms with Crippen LogP contribution >= 0.6 is 0 Å². The molecule has 1 aromatic heterocycles. The Hall–Kier alpha value is -2.82. The minimum Gasteiger partial charge on any atom is -0.478 e. The Labute approximate surface area is 108 Å². The van der Waals surface area contributed by atoms with Gasteiger partial charge in [-0.25, -0.2) is 4.79 Å². The molecule has 5 heteroatoms. The Morgan fingerprint density at radius 1 is 1.11 bits per heavy atom. The summed E-state index contributed by atoms with van der Waals surface area (Å²) in [4.78, 5) is 15.0. The zero-order valence-electron chi connectivity index (χ0n) is 9.83. The average Bonchev–Trinajstić information content (AvgIpc) is 2.81. The molecule has 0 aliphatic heterocycles. The van der Waals surface area contributed by atoms with E-state index in [1.54, 1.807) is 12.1 Å². The van der Waals surface area contributed by atoms with E-state index in [0.29, 0.717) is 11.6 Å². The van der Waals surface area contributed by atoms with Gasteiger partial charge in [0.2, 0.25) is 0 Å². The van der Waals surface area contributed by atoms with Gasteiger partial charge in [-0.2, -0.15) is 4.98 Å². The maximum atomic E-state index is 10.7. The van der Waals surface area contributed by atoms with Crippen molar-refractivity contribution in [2.45, 2.75) is 0 Å². The van der Waals surface area contributed by atoms with Crippen LogP contribution < -0.4 is 5.32 Å². The predicted octanol–water partition coefficient (Wildman–Crippen LogP) is 3.27. The van der Waals surface area contributed by atoms with Gasteiger partial charge in [0.25, 0.3) is 6.01 Å². The molecule has 3 aromatic rings. The largest absolute Gasteiger partial charge is 0.478 e. The number of benzene rings is 2. The van der Waals surface area contributed by atoms with Crippen LogP contribution in [0.15, 0.2) is 52.9 Å². The summed E-state index contributed by atoms with van der Waals surface area (Å²) in [6, 6.07) is 14.2. The quantitative estimate of drug-likeness (QED) is 0.750. The lowest BCUT2D eigenvalue weighted by atomic mass is 10.2. The van der Waals surface area contributed by atoms with Crippen molar-refractivity contribution >= 4 is 28.8 Å². The Morgan fingerprint density at radius 2 is 1.84 bits per heavy atom. The van der Waals surface area contributed by atoms with Crippen molar-refractivity contribution in [2.24, 2.45) is 0 Å². The fraction of sp³-hybridized carbons (Fsp3) is 0. The van der Waals surface area contributed by atoms with E-state index in [2.05, 4.69) is 10.3 Å². The van der Waals surface area contributed by atoms with Gasteiger partial charge in [0.15, 0.2) is 5.58 Å². The van der Waals surface area contributed by atoms with Crippen molar-refractivity contribution < 1.29 is 14.3 Å². The van der Waals surface area contributed by atoms with E-state index in [4.69, 9.17) is 9.52 Å². The topological polar surface area (TPSA) is 75.4 Å². The number of fused-ring (bicyclic) bond motifs is 1. The molecule has 0 saturated carbocycles. The SMILES string of the molecule is O=C(O)c1ccc(Nc2nc3ccccc3o2)cc1. The van der Waals surface area contributed by atoms with Gasteiger partial charge in [-0.15, -0.1) is 0 Å². The zero-order valence-corrected chi connectivity index (χ0v) is 9.83. The van der Waals surface area contributed by atoms with Gasteiger partial charge in [-0.05, 0) is 36.4 Å².